The van der Waals surface area contributed by atoms with Crippen LogP contribution in [-0.4, -0.2) is 47.9 Å². The summed E-state index contributed by atoms with van der Waals surface area (Å²) in [5.74, 6) is 1.13. The third kappa shape index (κ3) is 4.57. The number of anilines is 1. The third-order valence-corrected chi connectivity index (χ3v) is 5.19. The van der Waals surface area contributed by atoms with Crippen LogP contribution >= 0.6 is 11.5 Å². The Morgan fingerprint density at radius 3 is 2.85 bits per heavy atom. The number of aryl methyl sites for hydroxylation is 1. The number of methoxy groups -OCH3 is 1. The Hall–Kier alpha value is -2.61. The van der Waals surface area contributed by atoms with E-state index in [1.807, 2.05) is 38.1 Å². The van der Waals surface area contributed by atoms with Gasteiger partial charge in [0.1, 0.15) is 5.00 Å². The molecular weight excluding hydrogens is 366 g/mol. The number of carbonyl (C=O) groups is 2. The number of ether oxygens (including phenoxy) is 2. The first kappa shape index (κ1) is 19.2. The van der Waals surface area contributed by atoms with Crippen LogP contribution in [0.2, 0.25) is 0 Å². The molecule has 1 saturated heterocycles. The summed E-state index contributed by atoms with van der Waals surface area (Å²) >= 11 is 1.23. The van der Waals surface area contributed by atoms with E-state index in [0.717, 1.165) is 11.3 Å². The molecule has 1 aliphatic rings. The minimum Gasteiger partial charge on any atom is -0.493 e. The molecule has 1 atom stereocenters. The maximum atomic E-state index is 12.4. The topological polar surface area (TPSA) is 80.8 Å². The van der Waals surface area contributed by atoms with Gasteiger partial charge in [-0.2, -0.15) is 4.37 Å². The average Bonchev–Trinajstić information content (AvgIpc) is 3.21. The van der Waals surface area contributed by atoms with E-state index in [9.17, 15) is 9.59 Å². The minimum atomic E-state index is -0.211. The lowest BCUT2D eigenvalue weighted by Gasteiger charge is -2.17. The molecule has 0 aliphatic carbocycles. The van der Waals surface area contributed by atoms with Crippen molar-refractivity contribution >= 4 is 28.3 Å². The minimum absolute atomic E-state index is 0.0237. The Morgan fingerprint density at radius 2 is 2.19 bits per heavy atom. The molecule has 0 unspecified atom stereocenters. The van der Waals surface area contributed by atoms with Gasteiger partial charge in [-0.15, -0.1) is 0 Å². The van der Waals surface area contributed by atoms with E-state index in [1.54, 1.807) is 12.0 Å². The van der Waals surface area contributed by atoms with E-state index in [4.69, 9.17) is 9.47 Å². The van der Waals surface area contributed by atoms with Gasteiger partial charge in [0.2, 0.25) is 11.8 Å². The smallest absolute Gasteiger partial charge is 0.244 e. The molecule has 0 spiro atoms. The summed E-state index contributed by atoms with van der Waals surface area (Å²) in [6.45, 7) is 4.86. The van der Waals surface area contributed by atoms with Gasteiger partial charge >= 0.3 is 0 Å². The van der Waals surface area contributed by atoms with E-state index in [0.29, 0.717) is 36.1 Å². The lowest BCUT2D eigenvalue weighted by atomic mass is 9.98. The van der Waals surface area contributed by atoms with Crippen LogP contribution in [0.15, 0.2) is 24.3 Å². The van der Waals surface area contributed by atoms with Crippen molar-refractivity contribution in [1.82, 2.24) is 9.27 Å². The number of nitrogens with zero attached hydrogens (tertiary/aromatic N) is 2. The predicted molar refractivity (Wildman–Crippen MR) is 104 cm³/mol. The van der Waals surface area contributed by atoms with Crippen molar-refractivity contribution < 1.29 is 19.1 Å². The van der Waals surface area contributed by atoms with Crippen LogP contribution < -0.4 is 14.8 Å². The second kappa shape index (κ2) is 8.39. The number of likely N-dealkylation sites (tertiary alicyclic amines) is 1. The lowest BCUT2D eigenvalue weighted by Crippen LogP contribution is -2.34. The summed E-state index contributed by atoms with van der Waals surface area (Å²) in [4.78, 5) is 26.2. The second-order valence-electron chi connectivity index (χ2n) is 6.40. The van der Waals surface area contributed by atoms with Gasteiger partial charge in [0, 0.05) is 18.9 Å². The van der Waals surface area contributed by atoms with E-state index in [-0.39, 0.29) is 24.3 Å². The zero-order chi connectivity index (χ0) is 19.4. The molecule has 27 heavy (non-hydrogen) atoms. The van der Waals surface area contributed by atoms with Crippen molar-refractivity contribution in [2.75, 3.05) is 32.1 Å². The normalized spacial score (nSPS) is 16.5. The van der Waals surface area contributed by atoms with Crippen LogP contribution in [0.4, 0.5) is 5.00 Å². The quantitative estimate of drug-likeness (QED) is 0.788. The van der Waals surface area contributed by atoms with Crippen LogP contribution in [0.5, 0.6) is 11.5 Å². The van der Waals surface area contributed by atoms with Crippen LogP contribution in [-0.2, 0) is 9.59 Å². The van der Waals surface area contributed by atoms with Crippen molar-refractivity contribution in [2.24, 2.45) is 0 Å². The van der Waals surface area contributed by atoms with Crippen molar-refractivity contribution in [3.8, 4) is 11.5 Å². The van der Waals surface area contributed by atoms with Crippen LogP contribution in [0.1, 0.15) is 30.5 Å². The van der Waals surface area contributed by atoms with E-state index >= 15 is 0 Å². The van der Waals surface area contributed by atoms with Crippen molar-refractivity contribution in [1.29, 1.82) is 0 Å². The molecule has 144 valence electrons. The van der Waals surface area contributed by atoms with Crippen LogP contribution in [0, 0.1) is 6.92 Å². The zero-order valence-corrected chi connectivity index (χ0v) is 16.5. The summed E-state index contributed by atoms with van der Waals surface area (Å²) < 4.78 is 15.1. The molecule has 2 heterocycles. The Morgan fingerprint density at radius 1 is 1.37 bits per heavy atom. The highest BCUT2D eigenvalue weighted by Crippen LogP contribution is 2.35. The summed E-state index contributed by atoms with van der Waals surface area (Å²) in [6, 6.07) is 7.53. The van der Waals surface area contributed by atoms with Crippen molar-refractivity contribution in [3.05, 3.63) is 35.5 Å². The van der Waals surface area contributed by atoms with Gasteiger partial charge in [0.25, 0.3) is 0 Å². The standard InChI is InChI=1S/C19H23N3O4S/c1-4-26-16-8-13(5-6-15(16)25-3)14-9-19(24)22(10-14)11-17(23)20-18-7-12(2)21-27-18/h5-8,14H,4,9-11H2,1-3H3,(H,20,23)/t14-/m1/s1. The molecule has 1 aromatic heterocycles. The van der Waals surface area contributed by atoms with Gasteiger partial charge in [-0.05, 0) is 49.1 Å². The highest BCUT2D eigenvalue weighted by atomic mass is 32.1. The highest BCUT2D eigenvalue weighted by molar-refractivity contribution is 7.10. The molecule has 2 amide bonds. The molecule has 8 heteroatoms. The number of aromatic nitrogens is 1. The molecule has 7 nitrogen and oxygen atoms in total. The highest BCUT2D eigenvalue weighted by Gasteiger charge is 2.32. The molecule has 1 fully saturated rings. The van der Waals surface area contributed by atoms with Gasteiger partial charge in [0.05, 0.1) is 26.0 Å². The number of amides is 2. The molecule has 3 rings (SSSR count). The third-order valence-electron chi connectivity index (χ3n) is 4.40. The van der Waals surface area contributed by atoms with Gasteiger partial charge in [-0.1, -0.05) is 6.07 Å². The van der Waals surface area contributed by atoms with Crippen LogP contribution in [0.25, 0.3) is 0 Å². The van der Waals surface area contributed by atoms with Gasteiger partial charge in [0.15, 0.2) is 11.5 Å². The number of hydrogen-bond acceptors (Lipinski definition) is 6. The van der Waals surface area contributed by atoms with Gasteiger partial charge in [-0.25, -0.2) is 0 Å². The van der Waals surface area contributed by atoms with Gasteiger partial charge < -0.3 is 19.7 Å². The molecule has 0 saturated carbocycles. The number of benzene rings is 1. The first-order valence-corrected chi connectivity index (χ1v) is 9.59. The maximum absolute atomic E-state index is 12.4. The fourth-order valence-corrected chi connectivity index (χ4v) is 3.81. The lowest BCUT2D eigenvalue weighted by molar-refractivity contribution is -0.131. The van der Waals surface area contributed by atoms with Crippen molar-refractivity contribution in [3.63, 3.8) is 0 Å². The molecule has 1 aliphatic heterocycles. The van der Waals surface area contributed by atoms with E-state index in [2.05, 4.69) is 9.69 Å². The molecular formula is C19H23N3O4S. The molecule has 1 aromatic carbocycles. The van der Waals surface area contributed by atoms with E-state index < -0.39 is 0 Å². The molecule has 2 aromatic rings. The Labute approximate surface area is 162 Å². The SMILES string of the molecule is CCOc1cc([C@@H]2CC(=O)N(CC(=O)Nc3cc(C)ns3)C2)ccc1OC. The summed E-state index contributed by atoms with van der Waals surface area (Å²) in [7, 11) is 1.60. The summed E-state index contributed by atoms with van der Waals surface area (Å²) in [5, 5.41) is 3.48. The molecule has 0 bridgehead atoms. The number of nitrogens with one attached hydrogen (secondary N) is 1. The Balaban J connectivity index is 1.64. The summed E-state index contributed by atoms with van der Waals surface area (Å²) in [5.41, 5.74) is 1.87. The first-order chi connectivity index (χ1) is 13.0. The molecule has 0 radical (unpaired) electrons. The fraction of sp³-hybridized carbons (Fsp3) is 0.421. The Kier molecular flexibility index (Phi) is 5.95. The largest absolute Gasteiger partial charge is 0.493 e. The fourth-order valence-electron chi connectivity index (χ4n) is 3.14. The van der Waals surface area contributed by atoms with Gasteiger partial charge in [-0.3, -0.25) is 9.59 Å². The van der Waals surface area contributed by atoms with Crippen molar-refractivity contribution in [2.45, 2.75) is 26.2 Å². The first-order valence-electron chi connectivity index (χ1n) is 8.81. The van der Waals surface area contributed by atoms with Crippen LogP contribution in [0.3, 0.4) is 0 Å². The monoisotopic (exact) mass is 389 g/mol. The number of hydrogen-bond donors (Lipinski definition) is 1. The van der Waals surface area contributed by atoms with E-state index in [1.165, 1.54) is 11.5 Å². The Bertz CT molecular complexity index is 836. The maximum Gasteiger partial charge on any atom is 0.244 e. The predicted octanol–water partition coefficient (Wildman–Crippen LogP) is 2.81. The zero-order valence-electron chi connectivity index (χ0n) is 15.7. The number of carbonyl (C=O) groups excluding carboxylic acids is 2. The number of rotatable bonds is 7. The molecule has 1 N–H and O–H groups in total. The average molecular weight is 389 g/mol. The summed E-state index contributed by atoms with van der Waals surface area (Å²) in [6.07, 6.45) is 0.380. The second-order valence-corrected chi connectivity index (χ2v) is 7.20.